The van der Waals surface area contributed by atoms with Crippen LogP contribution in [0.4, 0.5) is 0 Å². The summed E-state index contributed by atoms with van der Waals surface area (Å²) in [7, 11) is -2.64. The first-order valence-electron chi connectivity index (χ1n) is 5.36. The van der Waals surface area contributed by atoms with Crippen molar-refractivity contribution in [3.05, 3.63) is 17.9 Å². The van der Waals surface area contributed by atoms with Gasteiger partial charge in [0.25, 0.3) is 10.0 Å². The summed E-state index contributed by atoms with van der Waals surface area (Å²) in [4.78, 5) is 21.9. The lowest BCUT2D eigenvalue weighted by molar-refractivity contribution is -0.120. The minimum absolute atomic E-state index is 0.0544. The predicted octanol–water partition coefficient (Wildman–Crippen LogP) is -0.266. The van der Waals surface area contributed by atoms with Gasteiger partial charge in [-0.15, -0.1) is 0 Å². The minimum atomic E-state index is -4.03. The third-order valence-electron chi connectivity index (χ3n) is 2.34. The Morgan fingerprint density at radius 2 is 2.05 bits per heavy atom. The van der Waals surface area contributed by atoms with E-state index in [4.69, 9.17) is 9.52 Å². The summed E-state index contributed by atoms with van der Waals surface area (Å²) >= 11 is 0. The average molecular weight is 290 g/mol. The van der Waals surface area contributed by atoms with Crippen molar-refractivity contribution in [2.24, 2.45) is 0 Å². The molecule has 1 heterocycles. The van der Waals surface area contributed by atoms with Gasteiger partial charge in [0.2, 0.25) is 16.8 Å². The quantitative estimate of drug-likeness (QED) is 0.745. The third-order valence-corrected chi connectivity index (χ3v) is 4.13. The molecular weight excluding hydrogens is 276 g/mol. The second kappa shape index (κ2) is 5.85. The molecule has 0 bridgehead atoms. The van der Waals surface area contributed by atoms with E-state index in [1.165, 1.54) is 7.05 Å². The van der Waals surface area contributed by atoms with Crippen LogP contribution >= 0.6 is 0 Å². The van der Waals surface area contributed by atoms with E-state index >= 15 is 0 Å². The lowest BCUT2D eigenvalue weighted by atomic mass is 10.5. The summed E-state index contributed by atoms with van der Waals surface area (Å²) in [6.45, 7) is 1.25. The summed E-state index contributed by atoms with van der Waals surface area (Å²) in [6.07, 6.45) is 0. The van der Waals surface area contributed by atoms with Crippen LogP contribution in [0.2, 0.25) is 0 Å². The minimum Gasteiger partial charge on any atom is -0.475 e. The predicted molar refractivity (Wildman–Crippen MR) is 64.2 cm³/mol. The molecule has 0 aromatic carbocycles. The maximum Gasteiger partial charge on any atom is 0.371 e. The van der Waals surface area contributed by atoms with Crippen molar-refractivity contribution in [3.8, 4) is 0 Å². The topological polar surface area (TPSA) is 117 Å². The second-order valence-corrected chi connectivity index (χ2v) is 5.40. The molecule has 9 heteroatoms. The molecule has 8 nitrogen and oxygen atoms in total. The molecule has 0 aliphatic heterocycles. The molecule has 1 aromatic rings. The number of furan rings is 1. The number of aromatic carboxylic acids is 1. The highest BCUT2D eigenvalue weighted by molar-refractivity contribution is 7.89. The smallest absolute Gasteiger partial charge is 0.371 e. The lowest BCUT2D eigenvalue weighted by Crippen LogP contribution is -2.39. The zero-order chi connectivity index (χ0) is 14.6. The van der Waals surface area contributed by atoms with Crippen LogP contribution in [0.15, 0.2) is 21.6 Å². The first-order valence-corrected chi connectivity index (χ1v) is 6.80. The Morgan fingerprint density at radius 1 is 1.42 bits per heavy atom. The summed E-state index contributed by atoms with van der Waals surface area (Å²) in [5, 5.41) is 10.5. The summed E-state index contributed by atoms with van der Waals surface area (Å²) in [6, 6.07) is 2.09. The fourth-order valence-corrected chi connectivity index (χ4v) is 2.62. The van der Waals surface area contributed by atoms with Crippen molar-refractivity contribution in [3.63, 3.8) is 0 Å². The molecule has 0 atom stereocenters. The van der Waals surface area contributed by atoms with Crippen molar-refractivity contribution in [2.75, 3.05) is 20.1 Å². The van der Waals surface area contributed by atoms with Gasteiger partial charge in [-0.1, -0.05) is 6.92 Å². The molecule has 1 amide bonds. The number of hydrogen-bond donors (Lipinski definition) is 2. The van der Waals surface area contributed by atoms with E-state index in [-0.39, 0.29) is 13.1 Å². The number of likely N-dealkylation sites (N-methyl/N-ethyl adjacent to an activating group) is 2. The Bertz CT molecular complexity index is 577. The number of carboxylic acid groups (broad SMARTS) is 1. The number of nitrogens with one attached hydrogen (secondary N) is 1. The summed E-state index contributed by atoms with van der Waals surface area (Å²) in [5.74, 6) is -2.32. The largest absolute Gasteiger partial charge is 0.475 e. The summed E-state index contributed by atoms with van der Waals surface area (Å²) < 4.78 is 29.9. The number of carbonyl (C=O) groups excluding carboxylic acids is 1. The maximum atomic E-state index is 12.1. The molecule has 0 saturated carbocycles. The van der Waals surface area contributed by atoms with Gasteiger partial charge >= 0.3 is 5.97 Å². The van der Waals surface area contributed by atoms with Crippen molar-refractivity contribution < 1.29 is 27.5 Å². The number of hydrogen-bond acceptors (Lipinski definition) is 5. The van der Waals surface area contributed by atoms with Gasteiger partial charge < -0.3 is 14.8 Å². The zero-order valence-electron chi connectivity index (χ0n) is 10.4. The summed E-state index contributed by atoms with van der Waals surface area (Å²) in [5.41, 5.74) is 0. The van der Waals surface area contributed by atoms with Crippen molar-refractivity contribution in [2.45, 2.75) is 12.0 Å². The first kappa shape index (κ1) is 15.2. The average Bonchev–Trinajstić information content (AvgIpc) is 2.85. The molecule has 0 fully saturated rings. The molecule has 106 valence electrons. The molecule has 1 rings (SSSR count). The van der Waals surface area contributed by atoms with Crippen LogP contribution in [0.1, 0.15) is 17.5 Å². The molecule has 0 aliphatic rings. The van der Waals surface area contributed by atoms with Crippen molar-refractivity contribution >= 4 is 21.9 Å². The SMILES string of the molecule is CCN(CC(=O)NC)S(=O)(=O)c1ccc(C(=O)O)o1. The lowest BCUT2D eigenvalue weighted by Gasteiger charge is -2.17. The van der Waals surface area contributed by atoms with Crippen LogP contribution in [0.5, 0.6) is 0 Å². The Morgan fingerprint density at radius 3 is 2.47 bits per heavy atom. The van der Waals surface area contributed by atoms with E-state index in [9.17, 15) is 18.0 Å². The van der Waals surface area contributed by atoms with Crippen LogP contribution in [0.25, 0.3) is 0 Å². The zero-order valence-corrected chi connectivity index (χ0v) is 11.2. The maximum absolute atomic E-state index is 12.1. The van der Waals surface area contributed by atoms with Gasteiger partial charge in [-0.2, -0.15) is 4.31 Å². The molecule has 0 saturated heterocycles. The molecule has 1 aromatic heterocycles. The Labute approximate surface area is 110 Å². The van der Waals surface area contributed by atoms with Gasteiger partial charge in [0.1, 0.15) is 0 Å². The highest BCUT2D eigenvalue weighted by atomic mass is 32.2. The number of sulfonamides is 1. The van der Waals surface area contributed by atoms with Crippen molar-refractivity contribution in [1.29, 1.82) is 0 Å². The van der Waals surface area contributed by atoms with Crippen LogP contribution < -0.4 is 5.32 Å². The molecule has 19 heavy (non-hydrogen) atoms. The fraction of sp³-hybridized carbons (Fsp3) is 0.400. The highest BCUT2D eigenvalue weighted by Crippen LogP contribution is 2.18. The Kier molecular flexibility index (Phi) is 4.67. The van der Waals surface area contributed by atoms with E-state index in [0.29, 0.717) is 0 Å². The van der Waals surface area contributed by atoms with E-state index in [2.05, 4.69) is 5.32 Å². The second-order valence-electron chi connectivity index (χ2n) is 3.53. The highest BCUT2D eigenvalue weighted by Gasteiger charge is 2.28. The van der Waals surface area contributed by atoms with Crippen molar-refractivity contribution in [1.82, 2.24) is 9.62 Å². The fourth-order valence-electron chi connectivity index (χ4n) is 1.31. The van der Waals surface area contributed by atoms with Crippen LogP contribution in [-0.4, -0.2) is 49.8 Å². The van der Waals surface area contributed by atoms with Crippen LogP contribution in [-0.2, 0) is 14.8 Å². The van der Waals surface area contributed by atoms with Crippen LogP contribution in [0.3, 0.4) is 0 Å². The van der Waals surface area contributed by atoms with Gasteiger partial charge in [0, 0.05) is 13.6 Å². The van der Waals surface area contributed by atoms with Crippen LogP contribution in [0, 0.1) is 0 Å². The molecule has 0 spiro atoms. The molecule has 2 N–H and O–H groups in total. The van der Waals surface area contributed by atoms with E-state index in [0.717, 1.165) is 16.4 Å². The standard InChI is InChI=1S/C10H14N2O6S/c1-3-12(6-8(13)11-2)19(16,17)9-5-4-7(18-9)10(14)15/h4-5H,3,6H2,1-2H3,(H,11,13)(H,14,15). The number of amides is 1. The number of rotatable bonds is 6. The number of carbonyl (C=O) groups is 2. The number of carboxylic acids is 1. The van der Waals surface area contributed by atoms with Gasteiger partial charge in [-0.05, 0) is 12.1 Å². The Balaban J connectivity index is 3.06. The van der Waals surface area contributed by atoms with E-state index < -0.39 is 32.8 Å². The normalized spacial score (nSPS) is 11.5. The molecule has 0 radical (unpaired) electrons. The molecule has 0 unspecified atom stereocenters. The number of nitrogens with zero attached hydrogens (tertiary/aromatic N) is 1. The van der Waals surface area contributed by atoms with E-state index in [1.54, 1.807) is 6.92 Å². The molecule has 0 aliphatic carbocycles. The Hall–Kier alpha value is -1.87. The van der Waals surface area contributed by atoms with Gasteiger partial charge in [-0.25, -0.2) is 13.2 Å². The van der Waals surface area contributed by atoms with Gasteiger partial charge in [-0.3, -0.25) is 4.79 Å². The monoisotopic (exact) mass is 290 g/mol. The third kappa shape index (κ3) is 3.32. The van der Waals surface area contributed by atoms with Gasteiger partial charge in [0.05, 0.1) is 6.54 Å². The van der Waals surface area contributed by atoms with E-state index in [1.807, 2.05) is 0 Å². The first-order chi connectivity index (χ1) is 8.82. The molecular formula is C10H14N2O6S. The van der Waals surface area contributed by atoms with Gasteiger partial charge in [0.15, 0.2) is 0 Å².